The first kappa shape index (κ1) is 20.0. The van der Waals surface area contributed by atoms with E-state index in [0.717, 1.165) is 12.8 Å². The van der Waals surface area contributed by atoms with Crippen LogP contribution in [0.4, 0.5) is 18.0 Å². The standard InChI is InChI=1S/C14H25F3N2O4/c1-2-3-8-23-13(21)19-6-4-18(5-7-19)9-12(20)10-22-11-14(15,16)17/h12,20H,2-11H2,1H3/t12-/m1/s1. The molecule has 9 heteroatoms. The second-order valence-corrected chi connectivity index (χ2v) is 5.54. The van der Waals surface area contributed by atoms with Crippen LogP contribution in [0.3, 0.4) is 0 Å². The number of rotatable bonds is 8. The number of aliphatic hydroxyl groups excluding tert-OH is 1. The maximum atomic E-state index is 11.9. The summed E-state index contributed by atoms with van der Waals surface area (Å²) in [5.74, 6) is 0. The monoisotopic (exact) mass is 342 g/mol. The summed E-state index contributed by atoms with van der Waals surface area (Å²) in [4.78, 5) is 15.2. The number of carbonyl (C=O) groups is 1. The Balaban J connectivity index is 2.16. The van der Waals surface area contributed by atoms with Crippen LogP contribution in [0.5, 0.6) is 0 Å². The number of amides is 1. The van der Waals surface area contributed by atoms with Crippen molar-refractivity contribution in [2.45, 2.75) is 32.0 Å². The summed E-state index contributed by atoms with van der Waals surface area (Å²) >= 11 is 0. The molecule has 1 N–H and O–H groups in total. The average molecular weight is 342 g/mol. The number of ether oxygens (including phenoxy) is 2. The highest BCUT2D eigenvalue weighted by atomic mass is 19.4. The molecule has 0 aromatic heterocycles. The van der Waals surface area contributed by atoms with Gasteiger partial charge >= 0.3 is 12.3 Å². The Morgan fingerprint density at radius 2 is 1.91 bits per heavy atom. The number of carbonyl (C=O) groups excluding carboxylic acids is 1. The highest BCUT2D eigenvalue weighted by Gasteiger charge is 2.28. The van der Waals surface area contributed by atoms with Crippen LogP contribution in [-0.4, -0.2) is 85.8 Å². The molecule has 1 aliphatic rings. The summed E-state index contributed by atoms with van der Waals surface area (Å²) in [6.45, 7) is 2.94. The van der Waals surface area contributed by atoms with Crippen LogP contribution in [0.1, 0.15) is 19.8 Å². The topological polar surface area (TPSA) is 62.2 Å². The fourth-order valence-electron chi connectivity index (χ4n) is 2.17. The van der Waals surface area contributed by atoms with Crippen molar-refractivity contribution in [1.82, 2.24) is 9.80 Å². The fourth-order valence-corrected chi connectivity index (χ4v) is 2.17. The largest absolute Gasteiger partial charge is 0.449 e. The molecule has 1 fully saturated rings. The van der Waals surface area contributed by atoms with Crippen LogP contribution < -0.4 is 0 Å². The number of alkyl halides is 3. The molecule has 0 saturated carbocycles. The number of halogens is 3. The van der Waals surface area contributed by atoms with Gasteiger partial charge in [-0.25, -0.2) is 4.79 Å². The maximum Gasteiger partial charge on any atom is 0.411 e. The van der Waals surface area contributed by atoms with Crippen molar-refractivity contribution in [2.24, 2.45) is 0 Å². The minimum atomic E-state index is -4.39. The minimum absolute atomic E-state index is 0.219. The first-order chi connectivity index (χ1) is 10.8. The van der Waals surface area contributed by atoms with Crippen molar-refractivity contribution < 1.29 is 32.5 Å². The predicted molar refractivity (Wildman–Crippen MR) is 77.1 cm³/mol. The van der Waals surface area contributed by atoms with E-state index >= 15 is 0 Å². The van der Waals surface area contributed by atoms with E-state index in [2.05, 4.69) is 4.74 Å². The molecule has 6 nitrogen and oxygen atoms in total. The SMILES string of the molecule is CCCCOC(=O)N1CCN(C[C@@H](O)COCC(F)(F)F)CC1. The van der Waals surface area contributed by atoms with E-state index in [1.165, 1.54) is 0 Å². The smallest absolute Gasteiger partial charge is 0.411 e. The van der Waals surface area contributed by atoms with Crippen LogP contribution in [-0.2, 0) is 9.47 Å². The molecule has 1 heterocycles. The third-order valence-electron chi connectivity index (χ3n) is 3.40. The lowest BCUT2D eigenvalue weighted by atomic mass is 10.3. The molecule has 0 spiro atoms. The van der Waals surface area contributed by atoms with Gasteiger partial charge in [-0.05, 0) is 6.42 Å². The van der Waals surface area contributed by atoms with Gasteiger partial charge in [0.05, 0.1) is 19.3 Å². The number of nitrogens with zero attached hydrogens (tertiary/aromatic N) is 2. The van der Waals surface area contributed by atoms with Gasteiger partial charge in [0, 0.05) is 32.7 Å². The average Bonchev–Trinajstić information content (AvgIpc) is 2.46. The van der Waals surface area contributed by atoms with Crippen LogP contribution in [0.2, 0.25) is 0 Å². The molecule has 1 rings (SSSR count). The maximum absolute atomic E-state index is 11.9. The number of β-amino-alcohol motifs (C(OH)–C–C–N with tert-alkyl or cyclic N) is 1. The summed E-state index contributed by atoms with van der Waals surface area (Å²) < 4.78 is 45.3. The molecular formula is C14H25F3N2O4. The molecule has 0 bridgehead atoms. The van der Waals surface area contributed by atoms with Gasteiger partial charge in [-0.2, -0.15) is 13.2 Å². The van der Waals surface area contributed by atoms with E-state index in [4.69, 9.17) is 4.74 Å². The van der Waals surface area contributed by atoms with Gasteiger partial charge in [0.1, 0.15) is 6.61 Å². The number of hydrogen-bond donors (Lipinski definition) is 1. The number of piperazine rings is 1. The predicted octanol–water partition coefficient (Wildman–Crippen LogP) is 1.48. The Labute approximate surface area is 134 Å². The third-order valence-corrected chi connectivity index (χ3v) is 3.40. The van der Waals surface area contributed by atoms with Crippen LogP contribution in [0.15, 0.2) is 0 Å². The third kappa shape index (κ3) is 8.97. The van der Waals surface area contributed by atoms with E-state index in [1.807, 2.05) is 11.8 Å². The molecule has 0 aromatic carbocycles. The van der Waals surface area contributed by atoms with E-state index in [9.17, 15) is 23.1 Å². The van der Waals surface area contributed by atoms with Gasteiger partial charge in [-0.15, -0.1) is 0 Å². The van der Waals surface area contributed by atoms with Crippen molar-refractivity contribution in [3.8, 4) is 0 Å². The summed E-state index contributed by atoms with van der Waals surface area (Å²) in [5.41, 5.74) is 0. The molecule has 23 heavy (non-hydrogen) atoms. The Morgan fingerprint density at radius 1 is 1.26 bits per heavy atom. The van der Waals surface area contributed by atoms with E-state index < -0.39 is 18.9 Å². The number of aliphatic hydroxyl groups is 1. The molecular weight excluding hydrogens is 317 g/mol. The Morgan fingerprint density at radius 3 is 2.48 bits per heavy atom. The first-order valence-corrected chi connectivity index (χ1v) is 7.78. The lowest BCUT2D eigenvalue weighted by molar-refractivity contribution is -0.179. The van der Waals surface area contributed by atoms with Crippen molar-refractivity contribution >= 4 is 6.09 Å². The Hall–Kier alpha value is -1.06. The zero-order chi connectivity index (χ0) is 17.3. The Kier molecular flexibility index (Phi) is 8.64. The van der Waals surface area contributed by atoms with Crippen molar-refractivity contribution in [3.63, 3.8) is 0 Å². The molecule has 0 aromatic rings. The fraction of sp³-hybridized carbons (Fsp3) is 0.929. The van der Waals surface area contributed by atoms with Crippen LogP contribution in [0, 0.1) is 0 Å². The highest BCUT2D eigenvalue weighted by molar-refractivity contribution is 5.67. The van der Waals surface area contributed by atoms with Gasteiger partial charge < -0.3 is 19.5 Å². The van der Waals surface area contributed by atoms with E-state index in [0.29, 0.717) is 32.8 Å². The lowest BCUT2D eigenvalue weighted by Crippen LogP contribution is -2.51. The molecule has 0 radical (unpaired) electrons. The summed E-state index contributed by atoms with van der Waals surface area (Å²) in [7, 11) is 0. The van der Waals surface area contributed by atoms with Crippen LogP contribution in [0.25, 0.3) is 0 Å². The van der Waals surface area contributed by atoms with Gasteiger partial charge in [0.25, 0.3) is 0 Å². The summed E-state index contributed by atoms with van der Waals surface area (Å²) in [6.07, 6.45) is -3.93. The van der Waals surface area contributed by atoms with Crippen molar-refractivity contribution in [1.29, 1.82) is 0 Å². The lowest BCUT2D eigenvalue weighted by Gasteiger charge is -2.34. The Bertz CT molecular complexity index is 347. The molecule has 1 amide bonds. The van der Waals surface area contributed by atoms with Gasteiger partial charge in [0.2, 0.25) is 0 Å². The first-order valence-electron chi connectivity index (χ1n) is 7.78. The molecule has 1 atom stereocenters. The molecule has 136 valence electrons. The molecule has 0 aliphatic carbocycles. The summed E-state index contributed by atoms with van der Waals surface area (Å²) in [5, 5.41) is 9.68. The van der Waals surface area contributed by atoms with Gasteiger partial charge in [-0.1, -0.05) is 13.3 Å². The second kappa shape index (κ2) is 9.94. The second-order valence-electron chi connectivity index (χ2n) is 5.54. The highest BCUT2D eigenvalue weighted by Crippen LogP contribution is 2.14. The van der Waals surface area contributed by atoms with Crippen molar-refractivity contribution in [2.75, 3.05) is 52.5 Å². The van der Waals surface area contributed by atoms with E-state index in [-0.39, 0.29) is 19.2 Å². The molecule has 1 saturated heterocycles. The molecule has 1 aliphatic heterocycles. The zero-order valence-corrected chi connectivity index (χ0v) is 13.3. The number of hydrogen-bond acceptors (Lipinski definition) is 5. The van der Waals surface area contributed by atoms with Crippen LogP contribution >= 0.6 is 0 Å². The van der Waals surface area contributed by atoms with Gasteiger partial charge in [0.15, 0.2) is 0 Å². The minimum Gasteiger partial charge on any atom is -0.449 e. The zero-order valence-electron chi connectivity index (χ0n) is 13.3. The summed E-state index contributed by atoms with van der Waals surface area (Å²) in [6, 6.07) is 0. The number of unbranched alkanes of at least 4 members (excludes halogenated alkanes) is 1. The van der Waals surface area contributed by atoms with Crippen molar-refractivity contribution in [3.05, 3.63) is 0 Å². The van der Waals surface area contributed by atoms with Gasteiger partial charge in [-0.3, -0.25) is 4.90 Å². The van der Waals surface area contributed by atoms with E-state index in [1.54, 1.807) is 4.90 Å². The molecule has 0 unspecified atom stereocenters. The normalized spacial score (nSPS) is 18.0. The quantitative estimate of drug-likeness (QED) is 0.677.